The lowest BCUT2D eigenvalue weighted by Crippen LogP contribution is -2.30. The maximum Gasteiger partial charge on any atom is 0.274 e. The van der Waals surface area contributed by atoms with Crippen molar-refractivity contribution < 1.29 is 14.8 Å². The van der Waals surface area contributed by atoms with Crippen LogP contribution in [-0.2, 0) is 0 Å². The van der Waals surface area contributed by atoms with Gasteiger partial charge in [-0.1, -0.05) is 28.8 Å². The minimum atomic E-state index is -0.500. The molecule has 104 valence electrons. The van der Waals surface area contributed by atoms with Crippen molar-refractivity contribution in [1.82, 2.24) is 0 Å². The van der Waals surface area contributed by atoms with Gasteiger partial charge in [-0.3, -0.25) is 10.1 Å². The Balaban J connectivity index is 2.15. The monoisotopic (exact) mass is 329 g/mol. The zero-order chi connectivity index (χ0) is 13.8. The van der Waals surface area contributed by atoms with Crippen molar-refractivity contribution in [1.29, 1.82) is 0 Å². The molecule has 1 N–H and O–H groups in total. The third-order valence-electron chi connectivity index (χ3n) is 3.27. The third kappa shape index (κ3) is 3.91. The number of nitro benzene ring substituents is 1. The number of nitro groups is 1. The van der Waals surface area contributed by atoms with E-state index in [9.17, 15) is 15.2 Å². The number of aliphatic hydroxyl groups is 1. The first-order chi connectivity index (χ1) is 9.06. The number of rotatable bonds is 3. The second kappa shape index (κ2) is 6.34. The van der Waals surface area contributed by atoms with Gasteiger partial charge in [0, 0.05) is 10.5 Å². The van der Waals surface area contributed by atoms with Crippen LogP contribution < -0.4 is 4.74 Å². The van der Waals surface area contributed by atoms with Gasteiger partial charge >= 0.3 is 0 Å². The van der Waals surface area contributed by atoms with E-state index < -0.39 is 11.0 Å². The number of nitrogens with zero attached hydrogens (tertiary/aromatic N) is 1. The first-order valence-electron chi connectivity index (χ1n) is 6.36. The number of hydrogen-bond acceptors (Lipinski definition) is 4. The number of benzene rings is 1. The summed E-state index contributed by atoms with van der Waals surface area (Å²) in [6.07, 6.45) is 3.83. The Kier molecular flexibility index (Phi) is 4.76. The molecule has 2 atom stereocenters. The van der Waals surface area contributed by atoms with Crippen LogP contribution in [0.25, 0.3) is 0 Å². The molecular formula is C13H16BrNO4. The molecular weight excluding hydrogens is 314 g/mol. The molecule has 0 amide bonds. The summed E-state index contributed by atoms with van der Waals surface area (Å²) in [5.41, 5.74) is -0.0208. The third-order valence-corrected chi connectivity index (χ3v) is 3.73. The predicted octanol–water partition coefficient (Wildman–Crippen LogP) is 3.43. The first-order valence-corrected chi connectivity index (χ1v) is 7.15. The molecule has 2 rings (SSSR count). The Labute approximate surface area is 119 Å². The molecule has 0 aromatic heterocycles. The van der Waals surface area contributed by atoms with Gasteiger partial charge in [0.1, 0.15) is 11.9 Å². The minimum absolute atomic E-state index is 0.0208. The Hall–Kier alpha value is -1.14. The van der Waals surface area contributed by atoms with E-state index in [1.807, 2.05) is 0 Å². The van der Waals surface area contributed by atoms with Gasteiger partial charge in [0.2, 0.25) is 0 Å². The molecule has 1 aliphatic rings. The number of aliphatic hydroxyl groups excluding tert-OH is 1. The second-order valence-corrected chi connectivity index (χ2v) is 5.68. The molecule has 0 spiro atoms. The van der Waals surface area contributed by atoms with Crippen LogP contribution in [0, 0.1) is 10.1 Å². The summed E-state index contributed by atoms with van der Waals surface area (Å²) in [4.78, 5) is 10.3. The Morgan fingerprint density at radius 2 is 2.00 bits per heavy atom. The van der Waals surface area contributed by atoms with Crippen LogP contribution >= 0.6 is 15.9 Å². The van der Waals surface area contributed by atoms with Crippen LogP contribution in [0.1, 0.15) is 32.1 Å². The van der Waals surface area contributed by atoms with Crippen LogP contribution in [0.2, 0.25) is 0 Å². The van der Waals surface area contributed by atoms with E-state index in [1.165, 1.54) is 12.1 Å². The van der Waals surface area contributed by atoms with Crippen molar-refractivity contribution in [3.8, 4) is 5.75 Å². The van der Waals surface area contributed by atoms with E-state index in [2.05, 4.69) is 15.9 Å². The van der Waals surface area contributed by atoms with E-state index in [0.717, 1.165) is 32.1 Å². The number of ether oxygens (including phenoxy) is 1. The van der Waals surface area contributed by atoms with Gasteiger partial charge in [-0.05, 0) is 25.3 Å². The van der Waals surface area contributed by atoms with Gasteiger partial charge in [0.15, 0.2) is 0 Å². The number of halogens is 1. The summed E-state index contributed by atoms with van der Waals surface area (Å²) < 4.78 is 6.33. The van der Waals surface area contributed by atoms with Gasteiger partial charge in [0.05, 0.1) is 17.1 Å². The fourth-order valence-electron chi connectivity index (χ4n) is 2.29. The van der Waals surface area contributed by atoms with Crippen molar-refractivity contribution in [2.24, 2.45) is 0 Å². The van der Waals surface area contributed by atoms with Crippen LogP contribution in [-0.4, -0.2) is 22.2 Å². The fourth-order valence-corrected chi connectivity index (χ4v) is 2.75. The molecule has 19 heavy (non-hydrogen) atoms. The predicted molar refractivity (Wildman–Crippen MR) is 74.3 cm³/mol. The van der Waals surface area contributed by atoms with Gasteiger partial charge < -0.3 is 9.84 Å². The highest BCUT2D eigenvalue weighted by atomic mass is 79.9. The largest absolute Gasteiger partial charge is 0.487 e. The number of non-ortho nitro benzene ring substituents is 1. The second-order valence-electron chi connectivity index (χ2n) is 4.76. The lowest BCUT2D eigenvalue weighted by molar-refractivity contribution is -0.385. The molecule has 1 fully saturated rings. The first kappa shape index (κ1) is 14.3. The van der Waals surface area contributed by atoms with Gasteiger partial charge in [-0.2, -0.15) is 0 Å². The molecule has 0 radical (unpaired) electrons. The van der Waals surface area contributed by atoms with Crippen LogP contribution in [0.5, 0.6) is 5.75 Å². The molecule has 5 nitrogen and oxygen atoms in total. The summed E-state index contributed by atoms with van der Waals surface area (Å²) in [7, 11) is 0. The highest BCUT2D eigenvalue weighted by molar-refractivity contribution is 9.10. The summed E-state index contributed by atoms with van der Waals surface area (Å²) in [5.74, 6) is 0.423. The summed E-state index contributed by atoms with van der Waals surface area (Å²) in [6.45, 7) is 0. The SMILES string of the molecule is O=[N+]([O-])c1cc(Br)cc(OC2CCCCCC2O)c1. The molecule has 2 unspecified atom stereocenters. The fraction of sp³-hybridized carbons (Fsp3) is 0.538. The minimum Gasteiger partial charge on any atom is -0.487 e. The standard InChI is InChI=1S/C13H16BrNO4/c14-9-6-10(15(17)18)8-11(7-9)19-13-5-3-1-2-4-12(13)16/h6-8,12-13,16H,1-5H2. The molecule has 0 heterocycles. The quantitative estimate of drug-likeness (QED) is 0.523. The maximum atomic E-state index is 10.8. The molecule has 0 bridgehead atoms. The van der Waals surface area contributed by atoms with Gasteiger partial charge in [-0.25, -0.2) is 0 Å². The van der Waals surface area contributed by atoms with Crippen LogP contribution in [0.3, 0.4) is 0 Å². The summed E-state index contributed by atoms with van der Waals surface area (Å²) in [6, 6.07) is 4.50. The molecule has 0 aliphatic heterocycles. The summed E-state index contributed by atoms with van der Waals surface area (Å²) >= 11 is 3.23. The molecule has 6 heteroatoms. The molecule has 1 saturated carbocycles. The number of hydrogen-bond donors (Lipinski definition) is 1. The van der Waals surface area contributed by atoms with Crippen LogP contribution in [0.4, 0.5) is 5.69 Å². The van der Waals surface area contributed by atoms with Crippen molar-refractivity contribution in [3.05, 3.63) is 32.8 Å². The van der Waals surface area contributed by atoms with Crippen LogP contribution in [0.15, 0.2) is 22.7 Å². The van der Waals surface area contributed by atoms with Crippen molar-refractivity contribution in [2.45, 2.75) is 44.3 Å². The topological polar surface area (TPSA) is 72.6 Å². The smallest absolute Gasteiger partial charge is 0.274 e. The lowest BCUT2D eigenvalue weighted by Gasteiger charge is -2.22. The lowest BCUT2D eigenvalue weighted by atomic mass is 10.1. The zero-order valence-electron chi connectivity index (χ0n) is 10.4. The van der Waals surface area contributed by atoms with E-state index in [1.54, 1.807) is 6.07 Å². The molecule has 1 aromatic rings. The highest BCUT2D eigenvalue weighted by Crippen LogP contribution is 2.29. The van der Waals surface area contributed by atoms with Gasteiger partial charge in [-0.15, -0.1) is 0 Å². The molecule has 0 saturated heterocycles. The van der Waals surface area contributed by atoms with Crippen molar-refractivity contribution in [3.63, 3.8) is 0 Å². The Morgan fingerprint density at radius 1 is 1.26 bits per heavy atom. The Morgan fingerprint density at radius 3 is 2.74 bits per heavy atom. The van der Waals surface area contributed by atoms with E-state index >= 15 is 0 Å². The highest BCUT2D eigenvalue weighted by Gasteiger charge is 2.24. The molecule has 1 aliphatic carbocycles. The van der Waals surface area contributed by atoms with Crippen molar-refractivity contribution >= 4 is 21.6 Å². The normalized spacial score (nSPS) is 23.7. The average molecular weight is 330 g/mol. The van der Waals surface area contributed by atoms with E-state index in [0.29, 0.717) is 10.2 Å². The molecule has 1 aromatic carbocycles. The maximum absolute atomic E-state index is 10.8. The van der Waals surface area contributed by atoms with E-state index in [-0.39, 0.29) is 11.8 Å². The average Bonchev–Trinajstić information content (AvgIpc) is 2.54. The van der Waals surface area contributed by atoms with Gasteiger partial charge in [0.25, 0.3) is 5.69 Å². The zero-order valence-corrected chi connectivity index (χ0v) is 12.0. The Bertz CT molecular complexity index is 466. The van der Waals surface area contributed by atoms with Crippen molar-refractivity contribution in [2.75, 3.05) is 0 Å². The summed E-state index contributed by atoms with van der Waals surface area (Å²) in [5, 5.41) is 20.8. The van der Waals surface area contributed by atoms with E-state index in [4.69, 9.17) is 4.74 Å².